The molecule has 0 amide bonds. The van der Waals surface area contributed by atoms with Crippen molar-refractivity contribution in [1.29, 1.82) is 0 Å². The predicted molar refractivity (Wildman–Crippen MR) is 73.1 cm³/mol. The van der Waals surface area contributed by atoms with Crippen molar-refractivity contribution < 1.29 is 4.92 Å². The molecular formula is C13H17ClN2O2. The van der Waals surface area contributed by atoms with Gasteiger partial charge in [0.15, 0.2) is 0 Å². The number of halogens is 1. The standard InChI is InChI=1S/C13H17ClN2O2/c1-9-3-2-4-11(7-9)15-12-6-5-10(14)8-13(12)16(17)18/h5-6,8-9,11,15H,2-4,7H2,1H3. The number of hydrogen-bond acceptors (Lipinski definition) is 3. The molecule has 4 nitrogen and oxygen atoms in total. The summed E-state index contributed by atoms with van der Waals surface area (Å²) in [6.45, 7) is 2.23. The largest absolute Gasteiger partial charge is 0.377 e. The van der Waals surface area contributed by atoms with Crippen molar-refractivity contribution in [2.75, 3.05) is 5.32 Å². The predicted octanol–water partition coefficient (Wildman–Crippen LogP) is 4.24. The molecule has 2 unspecified atom stereocenters. The molecule has 0 heterocycles. The van der Waals surface area contributed by atoms with Crippen LogP contribution in [0.25, 0.3) is 0 Å². The first-order valence-electron chi connectivity index (χ1n) is 6.26. The zero-order valence-corrected chi connectivity index (χ0v) is 11.1. The number of rotatable bonds is 3. The molecule has 1 aromatic carbocycles. The highest BCUT2D eigenvalue weighted by atomic mass is 35.5. The van der Waals surface area contributed by atoms with Gasteiger partial charge in [0.2, 0.25) is 0 Å². The summed E-state index contributed by atoms with van der Waals surface area (Å²) in [7, 11) is 0. The average molecular weight is 269 g/mol. The molecule has 1 aliphatic carbocycles. The molecule has 0 saturated heterocycles. The van der Waals surface area contributed by atoms with Crippen molar-refractivity contribution in [1.82, 2.24) is 0 Å². The van der Waals surface area contributed by atoms with Gasteiger partial charge in [-0.05, 0) is 30.9 Å². The maximum atomic E-state index is 11.0. The monoisotopic (exact) mass is 268 g/mol. The van der Waals surface area contributed by atoms with Gasteiger partial charge >= 0.3 is 0 Å². The SMILES string of the molecule is CC1CCCC(Nc2ccc(Cl)cc2[N+](=O)[O-])C1. The first kappa shape index (κ1) is 13.1. The smallest absolute Gasteiger partial charge is 0.293 e. The van der Waals surface area contributed by atoms with Crippen LogP contribution >= 0.6 is 11.6 Å². The third-order valence-electron chi connectivity index (χ3n) is 3.45. The van der Waals surface area contributed by atoms with E-state index in [-0.39, 0.29) is 10.6 Å². The molecule has 2 rings (SSSR count). The van der Waals surface area contributed by atoms with Crippen molar-refractivity contribution in [2.24, 2.45) is 5.92 Å². The fourth-order valence-corrected chi connectivity index (χ4v) is 2.73. The number of benzene rings is 1. The Bertz CT molecular complexity index is 451. The summed E-state index contributed by atoms with van der Waals surface area (Å²) in [4.78, 5) is 10.6. The number of anilines is 1. The van der Waals surface area contributed by atoms with Crippen LogP contribution in [0.4, 0.5) is 11.4 Å². The van der Waals surface area contributed by atoms with E-state index < -0.39 is 0 Å². The average Bonchev–Trinajstić information content (AvgIpc) is 2.31. The zero-order valence-electron chi connectivity index (χ0n) is 10.4. The molecule has 1 aromatic rings. The molecule has 5 heteroatoms. The van der Waals surface area contributed by atoms with Crippen LogP contribution in [-0.2, 0) is 0 Å². The Morgan fingerprint density at radius 1 is 1.44 bits per heavy atom. The Labute approximate surface area is 111 Å². The second-order valence-corrected chi connectivity index (χ2v) is 5.47. The van der Waals surface area contributed by atoms with Gasteiger partial charge in [0.1, 0.15) is 5.69 Å². The molecule has 1 aliphatic rings. The Kier molecular flexibility index (Phi) is 4.07. The highest BCUT2D eigenvalue weighted by Gasteiger charge is 2.22. The lowest BCUT2D eigenvalue weighted by Gasteiger charge is -2.28. The molecule has 98 valence electrons. The minimum atomic E-state index is -0.388. The highest BCUT2D eigenvalue weighted by Crippen LogP contribution is 2.31. The van der Waals surface area contributed by atoms with Crippen LogP contribution in [0, 0.1) is 16.0 Å². The van der Waals surface area contributed by atoms with E-state index in [0.717, 1.165) is 12.8 Å². The Hall–Kier alpha value is -1.29. The Morgan fingerprint density at radius 3 is 2.89 bits per heavy atom. The van der Waals surface area contributed by atoms with Gasteiger partial charge < -0.3 is 5.32 Å². The normalized spacial score (nSPS) is 23.7. The van der Waals surface area contributed by atoms with Crippen molar-refractivity contribution >= 4 is 23.0 Å². The van der Waals surface area contributed by atoms with Crippen LogP contribution in [0.3, 0.4) is 0 Å². The second kappa shape index (κ2) is 5.57. The van der Waals surface area contributed by atoms with E-state index >= 15 is 0 Å². The van der Waals surface area contributed by atoms with Crippen molar-refractivity contribution in [3.05, 3.63) is 33.3 Å². The quantitative estimate of drug-likeness (QED) is 0.659. The van der Waals surface area contributed by atoms with Gasteiger partial charge in [0.05, 0.1) is 4.92 Å². The lowest BCUT2D eigenvalue weighted by molar-refractivity contribution is -0.384. The summed E-state index contributed by atoms with van der Waals surface area (Å²) >= 11 is 5.79. The number of nitro groups is 1. The van der Waals surface area contributed by atoms with E-state index in [1.54, 1.807) is 12.1 Å². The van der Waals surface area contributed by atoms with Crippen molar-refractivity contribution in [3.63, 3.8) is 0 Å². The molecule has 1 N–H and O–H groups in total. The molecule has 0 radical (unpaired) electrons. The van der Waals surface area contributed by atoms with Gasteiger partial charge in [-0.3, -0.25) is 10.1 Å². The van der Waals surface area contributed by atoms with Crippen LogP contribution < -0.4 is 5.32 Å². The summed E-state index contributed by atoms with van der Waals surface area (Å²) in [5.41, 5.74) is 0.629. The van der Waals surface area contributed by atoms with Crippen LogP contribution in [-0.4, -0.2) is 11.0 Å². The lowest BCUT2D eigenvalue weighted by atomic mass is 9.87. The van der Waals surface area contributed by atoms with E-state index in [4.69, 9.17) is 11.6 Å². The third kappa shape index (κ3) is 3.13. The maximum Gasteiger partial charge on any atom is 0.293 e. The number of nitrogens with zero attached hydrogens (tertiary/aromatic N) is 1. The molecular weight excluding hydrogens is 252 g/mol. The first-order valence-corrected chi connectivity index (χ1v) is 6.64. The number of hydrogen-bond donors (Lipinski definition) is 1. The fraction of sp³-hybridized carbons (Fsp3) is 0.538. The van der Waals surface area contributed by atoms with Gasteiger partial charge in [-0.1, -0.05) is 31.4 Å². The third-order valence-corrected chi connectivity index (χ3v) is 3.69. The second-order valence-electron chi connectivity index (χ2n) is 5.03. The van der Waals surface area contributed by atoms with Crippen LogP contribution in [0.1, 0.15) is 32.6 Å². The molecule has 0 bridgehead atoms. The molecule has 0 aliphatic heterocycles. The molecule has 0 aromatic heterocycles. The lowest BCUT2D eigenvalue weighted by Crippen LogP contribution is -2.26. The van der Waals surface area contributed by atoms with E-state index in [2.05, 4.69) is 12.2 Å². The zero-order chi connectivity index (χ0) is 13.1. The maximum absolute atomic E-state index is 11.0. The molecule has 2 atom stereocenters. The Morgan fingerprint density at radius 2 is 2.22 bits per heavy atom. The molecule has 0 spiro atoms. The van der Waals surface area contributed by atoms with Gasteiger partial charge in [-0.2, -0.15) is 0 Å². The summed E-state index contributed by atoms with van der Waals surface area (Å²) in [6, 6.07) is 5.10. The summed E-state index contributed by atoms with van der Waals surface area (Å²) in [5, 5.41) is 14.7. The van der Waals surface area contributed by atoms with E-state index in [9.17, 15) is 10.1 Å². The number of nitro benzene ring substituents is 1. The first-order chi connectivity index (χ1) is 8.56. The molecule has 1 saturated carbocycles. The van der Waals surface area contributed by atoms with Gasteiger partial charge in [-0.25, -0.2) is 0 Å². The van der Waals surface area contributed by atoms with E-state index in [0.29, 0.717) is 22.7 Å². The van der Waals surface area contributed by atoms with Crippen LogP contribution in [0.15, 0.2) is 18.2 Å². The highest BCUT2D eigenvalue weighted by molar-refractivity contribution is 6.30. The molecule has 18 heavy (non-hydrogen) atoms. The fourth-order valence-electron chi connectivity index (χ4n) is 2.56. The van der Waals surface area contributed by atoms with Gasteiger partial charge in [0, 0.05) is 17.1 Å². The number of nitrogens with one attached hydrogen (secondary N) is 1. The van der Waals surface area contributed by atoms with E-state index in [1.165, 1.54) is 18.9 Å². The van der Waals surface area contributed by atoms with Crippen LogP contribution in [0.2, 0.25) is 5.02 Å². The molecule has 1 fully saturated rings. The van der Waals surface area contributed by atoms with Gasteiger partial charge in [-0.15, -0.1) is 0 Å². The van der Waals surface area contributed by atoms with Crippen molar-refractivity contribution in [2.45, 2.75) is 38.6 Å². The summed E-state index contributed by atoms with van der Waals surface area (Å²) in [6.07, 6.45) is 4.57. The van der Waals surface area contributed by atoms with Crippen LogP contribution in [0.5, 0.6) is 0 Å². The Balaban J connectivity index is 2.15. The summed E-state index contributed by atoms with van der Waals surface area (Å²) < 4.78 is 0. The van der Waals surface area contributed by atoms with Gasteiger partial charge in [0.25, 0.3) is 5.69 Å². The minimum absolute atomic E-state index is 0.0562. The van der Waals surface area contributed by atoms with Crippen molar-refractivity contribution in [3.8, 4) is 0 Å². The topological polar surface area (TPSA) is 55.2 Å². The minimum Gasteiger partial charge on any atom is -0.377 e. The summed E-state index contributed by atoms with van der Waals surface area (Å²) in [5.74, 6) is 0.683. The van der Waals surface area contributed by atoms with E-state index in [1.807, 2.05) is 0 Å².